The summed E-state index contributed by atoms with van der Waals surface area (Å²) in [5, 5.41) is 10.9. The highest BCUT2D eigenvalue weighted by molar-refractivity contribution is 5.68. The first kappa shape index (κ1) is 12.8. The summed E-state index contributed by atoms with van der Waals surface area (Å²) in [7, 11) is 0. The van der Waals surface area contributed by atoms with Crippen LogP contribution in [-0.4, -0.2) is 47.0 Å². The maximum atomic E-state index is 11.5. The van der Waals surface area contributed by atoms with Crippen molar-refractivity contribution in [2.45, 2.75) is 32.9 Å². The molecule has 1 saturated heterocycles. The number of carbonyl (C=O) groups excluding carboxylic acids is 1. The van der Waals surface area contributed by atoms with Crippen molar-refractivity contribution in [3.63, 3.8) is 0 Å². The molecular formula is C11H18N4O3. The van der Waals surface area contributed by atoms with E-state index >= 15 is 0 Å². The molecule has 0 aliphatic carbocycles. The largest absolute Gasteiger partial charge is 0.450 e. The Morgan fingerprint density at radius 2 is 2.44 bits per heavy atom. The number of aromatic nitrogens is 2. The van der Waals surface area contributed by atoms with Gasteiger partial charge in [0.15, 0.2) is 0 Å². The van der Waals surface area contributed by atoms with E-state index in [1.807, 2.05) is 13.8 Å². The maximum Gasteiger partial charge on any atom is 0.409 e. The topological polar surface area (TPSA) is 80.5 Å². The van der Waals surface area contributed by atoms with Crippen molar-refractivity contribution < 1.29 is 14.2 Å². The smallest absolute Gasteiger partial charge is 0.409 e. The first-order valence-electron chi connectivity index (χ1n) is 6.13. The second-order valence-electron chi connectivity index (χ2n) is 4.31. The minimum atomic E-state index is -0.235. The van der Waals surface area contributed by atoms with Gasteiger partial charge in [-0.1, -0.05) is 10.3 Å². The van der Waals surface area contributed by atoms with Crippen molar-refractivity contribution in [3.8, 4) is 0 Å². The molecule has 0 radical (unpaired) electrons. The van der Waals surface area contributed by atoms with Crippen molar-refractivity contribution in [2.75, 3.05) is 19.7 Å². The number of nitrogens with one attached hydrogen (secondary N) is 1. The summed E-state index contributed by atoms with van der Waals surface area (Å²) in [5.74, 6) is 0. The molecule has 2 heterocycles. The zero-order valence-electron chi connectivity index (χ0n) is 10.7. The Bertz CT molecular complexity index is 407. The molecule has 0 bridgehead atoms. The lowest BCUT2D eigenvalue weighted by Gasteiger charge is -2.16. The molecule has 0 spiro atoms. The first-order chi connectivity index (χ1) is 8.70. The van der Waals surface area contributed by atoms with Crippen LogP contribution in [0.15, 0.2) is 4.63 Å². The van der Waals surface area contributed by atoms with Crippen LogP contribution in [0.5, 0.6) is 0 Å². The number of ether oxygens (including phenoxy) is 1. The van der Waals surface area contributed by atoms with Crippen LogP contribution in [0.1, 0.15) is 24.7 Å². The molecule has 100 valence electrons. The quantitative estimate of drug-likeness (QED) is 0.851. The van der Waals surface area contributed by atoms with E-state index < -0.39 is 0 Å². The average Bonchev–Trinajstić information content (AvgIpc) is 2.96. The van der Waals surface area contributed by atoms with Crippen molar-refractivity contribution in [1.29, 1.82) is 0 Å². The van der Waals surface area contributed by atoms with Gasteiger partial charge in [0.25, 0.3) is 0 Å². The average molecular weight is 254 g/mol. The Balaban J connectivity index is 1.76. The second kappa shape index (κ2) is 5.81. The van der Waals surface area contributed by atoms with Crippen molar-refractivity contribution in [1.82, 2.24) is 20.5 Å². The number of likely N-dealkylation sites (tertiary alicyclic amines) is 1. The van der Waals surface area contributed by atoms with Gasteiger partial charge in [-0.15, -0.1) is 0 Å². The molecule has 1 N–H and O–H groups in total. The highest BCUT2D eigenvalue weighted by Crippen LogP contribution is 2.11. The van der Waals surface area contributed by atoms with Crippen molar-refractivity contribution in [2.24, 2.45) is 0 Å². The van der Waals surface area contributed by atoms with E-state index in [2.05, 4.69) is 20.3 Å². The van der Waals surface area contributed by atoms with Crippen LogP contribution in [0, 0.1) is 6.92 Å². The predicted octanol–water partition coefficient (Wildman–Crippen LogP) is 0.698. The molecule has 1 aromatic rings. The molecule has 1 aromatic heterocycles. The van der Waals surface area contributed by atoms with E-state index in [1.165, 1.54) is 0 Å². The number of aryl methyl sites for hydroxylation is 1. The minimum Gasteiger partial charge on any atom is -0.450 e. The predicted molar refractivity (Wildman–Crippen MR) is 62.9 cm³/mol. The van der Waals surface area contributed by atoms with Crippen LogP contribution in [0.25, 0.3) is 0 Å². The Labute approximate surface area is 105 Å². The number of rotatable bonds is 4. The van der Waals surface area contributed by atoms with Gasteiger partial charge in [0.05, 0.1) is 6.61 Å². The van der Waals surface area contributed by atoms with Gasteiger partial charge < -0.3 is 15.0 Å². The summed E-state index contributed by atoms with van der Waals surface area (Å²) in [5.41, 5.74) is 1.60. The summed E-state index contributed by atoms with van der Waals surface area (Å²) in [6.07, 6.45) is 0.685. The van der Waals surface area contributed by atoms with E-state index in [0.717, 1.165) is 24.4 Å². The van der Waals surface area contributed by atoms with E-state index in [9.17, 15) is 4.79 Å². The van der Waals surface area contributed by atoms with Crippen LogP contribution in [0.2, 0.25) is 0 Å². The maximum absolute atomic E-state index is 11.5. The fraction of sp³-hybridized carbons (Fsp3) is 0.727. The van der Waals surface area contributed by atoms with Gasteiger partial charge in [-0.25, -0.2) is 9.42 Å². The van der Waals surface area contributed by atoms with Crippen molar-refractivity contribution in [3.05, 3.63) is 11.4 Å². The summed E-state index contributed by atoms with van der Waals surface area (Å²) in [6, 6.07) is 0.269. The lowest BCUT2D eigenvalue weighted by Crippen LogP contribution is -2.35. The standard InChI is InChI=1S/C11H18N4O3/c1-3-17-11(16)15-5-4-9(7-15)12-6-10-8(2)13-18-14-10/h9,12H,3-7H2,1-2H3/t9-/m0/s1. The number of hydrogen-bond acceptors (Lipinski definition) is 6. The molecule has 1 atom stereocenters. The third-order valence-electron chi connectivity index (χ3n) is 3.02. The van der Waals surface area contributed by atoms with E-state index in [1.54, 1.807) is 4.90 Å². The molecule has 1 aliphatic rings. The highest BCUT2D eigenvalue weighted by Gasteiger charge is 2.26. The fourth-order valence-electron chi connectivity index (χ4n) is 1.96. The number of nitrogens with zero attached hydrogens (tertiary/aromatic N) is 3. The number of carbonyl (C=O) groups is 1. The minimum absolute atomic E-state index is 0.235. The Kier molecular flexibility index (Phi) is 4.14. The van der Waals surface area contributed by atoms with Crippen molar-refractivity contribution >= 4 is 6.09 Å². The van der Waals surface area contributed by atoms with Gasteiger partial charge in [-0.05, 0) is 20.3 Å². The van der Waals surface area contributed by atoms with Crippen LogP contribution in [0.3, 0.4) is 0 Å². The van der Waals surface area contributed by atoms with Gasteiger partial charge in [-0.2, -0.15) is 0 Å². The lowest BCUT2D eigenvalue weighted by atomic mass is 10.2. The van der Waals surface area contributed by atoms with Crippen LogP contribution in [-0.2, 0) is 11.3 Å². The molecule has 0 aromatic carbocycles. The SMILES string of the molecule is CCOC(=O)N1CC[C@H](NCc2nonc2C)C1. The molecule has 7 nitrogen and oxygen atoms in total. The van der Waals surface area contributed by atoms with Crippen LogP contribution < -0.4 is 5.32 Å². The molecule has 1 aliphatic heterocycles. The Morgan fingerprint density at radius 1 is 1.61 bits per heavy atom. The van der Waals surface area contributed by atoms with Gasteiger partial charge in [-0.3, -0.25) is 0 Å². The van der Waals surface area contributed by atoms with Gasteiger partial charge in [0, 0.05) is 25.7 Å². The second-order valence-corrected chi connectivity index (χ2v) is 4.31. The lowest BCUT2D eigenvalue weighted by molar-refractivity contribution is 0.115. The molecular weight excluding hydrogens is 236 g/mol. The molecule has 7 heteroatoms. The highest BCUT2D eigenvalue weighted by atomic mass is 16.6. The molecule has 1 amide bonds. The number of amides is 1. The van der Waals surface area contributed by atoms with E-state index in [-0.39, 0.29) is 12.1 Å². The summed E-state index contributed by atoms with van der Waals surface area (Å²) >= 11 is 0. The zero-order valence-corrected chi connectivity index (χ0v) is 10.7. The third-order valence-corrected chi connectivity index (χ3v) is 3.02. The zero-order chi connectivity index (χ0) is 13.0. The Hall–Kier alpha value is -1.63. The van der Waals surface area contributed by atoms with Gasteiger partial charge >= 0.3 is 6.09 Å². The van der Waals surface area contributed by atoms with Crippen LogP contribution in [0.4, 0.5) is 4.79 Å². The van der Waals surface area contributed by atoms with E-state index in [4.69, 9.17) is 4.74 Å². The van der Waals surface area contributed by atoms with E-state index in [0.29, 0.717) is 19.7 Å². The van der Waals surface area contributed by atoms with Gasteiger partial charge in [0.1, 0.15) is 11.4 Å². The van der Waals surface area contributed by atoms with Crippen LogP contribution >= 0.6 is 0 Å². The monoisotopic (exact) mass is 254 g/mol. The summed E-state index contributed by atoms with van der Waals surface area (Å²) in [6.45, 7) is 6.08. The normalized spacial score (nSPS) is 19.2. The molecule has 2 rings (SSSR count). The molecule has 18 heavy (non-hydrogen) atoms. The molecule has 1 fully saturated rings. The Morgan fingerprint density at radius 3 is 3.11 bits per heavy atom. The fourth-order valence-corrected chi connectivity index (χ4v) is 1.96. The number of hydrogen-bond donors (Lipinski definition) is 1. The molecule has 0 saturated carbocycles. The summed E-state index contributed by atoms with van der Waals surface area (Å²) in [4.78, 5) is 13.2. The first-order valence-corrected chi connectivity index (χ1v) is 6.13. The molecule has 0 unspecified atom stereocenters. The summed E-state index contributed by atoms with van der Waals surface area (Å²) < 4.78 is 9.59. The van der Waals surface area contributed by atoms with Gasteiger partial charge in [0.2, 0.25) is 0 Å². The third kappa shape index (κ3) is 2.98.